The average molecular weight is 211 g/mol. The Balaban J connectivity index is 2.67. The van der Waals surface area contributed by atoms with Crippen LogP contribution in [0.3, 0.4) is 0 Å². The van der Waals surface area contributed by atoms with Crippen LogP contribution in [0.1, 0.15) is 6.42 Å². The molecule has 0 saturated carbocycles. The van der Waals surface area contributed by atoms with Crippen LogP contribution in [0.15, 0.2) is 18.5 Å². The van der Waals surface area contributed by atoms with E-state index in [1.165, 1.54) is 12.4 Å². The summed E-state index contributed by atoms with van der Waals surface area (Å²) >= 11 is 0. The van der Waals surface area contributed by atoms with E-state index in [4.69, 9.17) is 10.2 Å². The first-order chi connectivity index (χ1) is 7.09. The fourth-order valence-corrected chi connectivity index (χ4v) is 0.904. The first kappa shape index (κ1) is 10.9. The van der Waals surface area contributed by atoms with Crippen molar-refractivity contribution >= 4 is 17.9 Å². The Hall–Kier alpha value is -2.18. The molecule has 0 spiro atoms. The van der Waals surface area contributed by atoms with E-state index < -0.39 is 24.4 Å². The molecule has 7 heteroatoms. The smallest absolute Gasteiger partial charge is 0.326 e. The van der Waals surface area contributed by atoms with Crippen molar-refractivity contribution in [3.8, 4) is 0 Å². The Labute approximate surface area is 84.8 Å². The van der Waals surface area contributed by atoms with Crippen molar-refractivity contribution in [2.45, 2.75) is 12.5 Å². The molecule has 7 nitrogen and oxygen atoms in total. The van der Waals surface area contributed by atoms with Crippen LogP contribution in [-0.4, -0.2) is 38.2 Å². The minimum absolute atomic E-state index is 0.0890. The van der Waals surface area contributed by atoms with Gasteiger partial charge in [0.25, 0.3) is 0 Å². The third-order valence-electron chi connectivity index (χ3n) is 1.55. The first-order valence-electron chi connectivity index (χ1n) is 4.07. The maximum Gasteiger partial charge on any atom is 0.326 e. The minimum Gasteiger partial charge on any atom is -0.481 e. The number of nitrogens with zero attached hydrogens (tertiary/aromatic N) is 2. The number of aliphatic carboxylic acids is 2. The lowest BCUT2D eigenvalue weighted by Gasteiger charge is -2.11. The van der Waals surface area contributed by atoms with Gasteiger partial charge < -0.3 is 15.5 Å². The van der Waals surface area contributed by atoms with E-state index in [9.17, 15) is 9.59 Å². The standard InChI is InChI=1S/C8H9N3O4/c12-6(13)4-5(7(14)15)11-8-9-2-1-3-10-8/h1-3,5H,4H2,(H,12,13)(H,14,15)(H,9,10,11). The molecular formula is C8H9N3O4. The molecule has 0 fully saturated rings. The van der Waals surface area contributed by atoms with Gasteiger partial charge in [-0.3, -0.25) is 4.79 Å². The van der Waals surface area contributed by atoms with Crippen molar-refractivity contribution in [2.24, 2.45) is 0 Å². The number of rotatable bonds is 5. The van der Waals surface area contributed by atoms with E-state index in [1.54, 1.807) is 6.07 Å². The van der Waals surface area contributed by atoms with E-state index in [1.807, 2.05) is 0 Å². The lowest BCUT2D eigenvalue weighted by molar-refractivity contribution is -0.144. The molecule has 1 aromatic heterocycles. The second-order valence-electron chi connectivity index (χ2n) is 2.71. The van der Waals surface area contributed by atoms with E-state index in [0.29, 0.717) is 0 Å². The molecule has 1 atom stereocenters. The van der Waals surface area contributed by atoms with Crippen molar-refractivity contribution in [3.63, 3.8) is 0 Å². The molecule has 0 bridgehead atoms. The summed E-state index contributed by atoms with van der Waals surface area (Å²) in [6.07, 6.45) is 2.32. The summed E-state index contributed by atoms with van der Waals surface area (Å²) in [6, 6.07) is 0.336. The minimum atomic E-state index is -1.26. The average Bonchev–Trinajstić information content (AvgIpc) is 2.17. The summed E-state index contributed by atoms with van der Waals surface area (Å²) in [6.45, 7) is 0. The molecular weight excluding hydrogens is 202 g/mol. The highest BCUT2D eigenvalue weighted by Crippen LogP contribution is 2.02. The molecule has 80 valence electrons. The van der Waals surface area contributed by atoms with Crippen LogP contribution < -0.4 is 5.32 Å². The van der Waals surface area contributed by atoms with Crippen molar-refractivity contribution in [1.29, 1.82) is 0 Å². The van der Waals surface area contributed by atoms with Gasteiger partial charge >= 0.3 is 11.9 Å². The molecule has 0 aliphatic carbocycles. The highest BCUT2D eigenvalue weighted by molar-refractivity contribution is 5.82. The van der Waals surface area contributed by atoms with E-state index >= 15 is 0 Å². The quantitative estimate of drug-likeness (QED) is 0.618. The maximum absolute atomic E-state index is 10.7. The van der Waals surface area contributed by atoms with Crippen LogP contribution >= 0.6 is 0 Å². The summed E-state index contributed by atoms with van der Waals surface area (Å²) in [7, 11) is 0. The summed E-state index contributed by atoms with van der Waals surface area (Å²) in [5.41, 5.74) is 0. The number of nitrogens with one attached hydrogen (secondary N) is 1. The molecule has 1 unspecified atom stereocenters. The van der Waals surface area contributed by atoms with Gasteiger partial charge in [0.1, 0.15) is 6.04 Å². The van der Waals surface area contributed by atoms with Crippen LogP contribution in [0, 0.1) is 0 Å². The first-order valence-corrected chi connectivity index (χ1v) is 4.07. The van der Waals surface area contributed by atoms with E-state index in [-0.39, 0.29) is 5.95 Å². The number of aromatic nitrogens is 2. The van der Waals surface area contributed by atoms with Crippen LogP contribution in [0.4, 0.5) is 5.95 Å². The van der Waals surface area contributed by atoms with E-state index in [0.717, 1.165) is 0 Å². The molecule has 0 aromatic carbocycles. The van der Waals surface area contributed by atoms with Gasteiger partial charge in [-0.15, -0.1) is 0 Å². The van der Waals surface area contributed by atoms with Crippen molar-refractivity contribution in [3.05, 3.63) is 18.5 Å². The van der Waals surface area contributed by atoms with Gasteiger partial charge in [-0.2, -0.15) is 0 Å². The van der Waals surface area contributed by atoms with Crippen molar-refractivity contribution in [1.82, 2.24) is 9.97 Å². The molecule has 0 saturated heterocycles. The van der Waals surface area contributed by atoms with Crippen molar-refractivity contribution < 1.29 is 19.8 Å². The highest BCUT2D eigenvalue weighted by Gasteiger charge is 2.21. The van der Waals surface area contributed by atoms with Crippen LogP contribution in [0.2, 0.25) is 0 Å². The third kappa shape index (κ3) is 3.59. The maximum atomic E-state index is 10.7. The van der Waals surface area contributed by atoms with Gasteiger partial charge in [0, 0.05) is 12.4 Å². The SMILES string of the molecule is O=C(O)CC(Nc1ncccn1)C(=O)O. The second-order valence-corrected chi connectivity index (χ2v) is 2.71. The van der Waals surface area contributed by atoms with Crippen LogP contribution in [0.25, 0.3) is 0 Å². The Kier molecular flexibility index (Phi) is 3.55. The van der Waals surface area contributed by atoms with Gasteiger partial charge in [-0.05, 0) is 6.07 Å². The normalized spacial score (nSPS) is 11.7. The zero-order valence-electron chi connectivity index (χ0n) is 7.62. The zero-order valence-corrected chi connectivity index (χ0v) is 7.62. The largest absolute Gasteiger partial charge is 0.481 e. The highest BCUT2D eigenvalue weighted by atomic mass is 16.4. The predicted octanol–water partition coefficient (Wildman–Crippen LogP) is -0.184. The Morgan fingerprint density at radius 2 is 1.93 bits per heavy atom. The molecule has 1 aromatic rings. The molecule has 1 heterocycles. The van der Waals surface area contributed by atoms with Crippen molar-refractivity contribution in [2.75, 3.05) is 5.32 Å². The lowest BCUT2D eigenvalue weighted by atomic mass is 10.2. The summed E-state index contributed by atoms with van der Waals surface area (Å²) < 4.78 is 0. The summed E-state index contributed by atoms with van der Waals surface area (Å²) in [5.74, 6) is -2.37. The zero-order chi connectivity index (χ0) is 11.3. The van der Waals surface area contributed by atoms with Gasteiger partial charge in [0.15, 0.2) is 0 Å². The van der Waals surface area contributed by atoms with Gasteiger partial charge in [-0.1, -0.05) is 0 Å². The summed E-state index contributed by atoms with van der Waals surface area (Å²) in [5, 5.41) is 19.6. The second kappa shape index (κ2) is 4.89. The predicted molar refractivity (Wildman–Crippen MR) is 49.3 cm³/mol. The molecule has 0 aliphatic heterocycles. The molecule has 0 amide bonds. The van der Waals surface area contributed by atoms with Crippen LogP contribution in [0.5, 0.6) is 0 Å². The Bertz CT molecular complexity index is 354. The number of hydrogen-bond acceptors (Lipinski definition) is 5. The number of carboxylic acid groups (broad SMARTS) is 2. The lowest BCUT2D eigenvalue weighted by Crippen LogP contribution is -2.32. The molecule has 15 heavy (non-hydrogen) atoms. The molecule has 1 rings (SSSR count). The van der Waals surface area contributed by atoms with Gasteiger partial charge in [-0.25, -0.2) is 14.8 Å². The number of carboxylic acids is 2. The monoisotopic (exact) mass is 211 g/mol. The van der Waals surface area contributed by atoms with Gasteiger partial charge in [0.2, 0.25) is 5.95 Å². The summed E-state index contributed by atoms with van der Waals surface area (Å²) in [4.78, 5) is 28.5. The third-order valence-corrected chi connectivity index (χ3v) is 1.55. The fraction of sp³-hybridized carbons (Fsp3) is 0.250. The Morgan fingerprint density at radius 1 is 1.33 bits per heavy atom. The number of hydrogen-bond donors (Lipinski definition) is 3. The molecule has 0 aliphatic rings. The molecule has 0 radical (unpaired) electrons. The van der Waals surface area contributed by atoms with E-state index in [2.05, 4.69) is 15.3 Å². The van der Waals surface area contributed by atoms with Crippen LogP contribution in [-0.2, 0) is 9.59 Å². The number of carbonyl (C=O) groups is 2. The Morgan fingerprint density at radius 3 is 2.40 bits per heavy atom. The molecule has 3 N–H and O–H groups in total. The fourth-order valence-electron chi connectivity index (χ4n) is 0.904. The van der Waals surface area contributed by atoms with Gasteiger partial charge in [0.05, 0.1) is 6.42 Å². The topological polar surface area (TPSA) is 112 Å². The number of anilines is 1.